The van der Waals surface area contributed by atoms with Crippen molar-refractivity contribution in [2.75, 3.05) is 6.16 Å². The first-order valence-electron chi connectivity index (χ1n) is 7.11. The van der Waals surface area contributed by atoms with Crippen LogP contribution in [0.15, 0.2) is 0 Å². The van der Waals surface area contributed by atoms with E-state index in [0.29, 0.717) is 0 Å². The van der Waals surface area contributed by atoms with Crippen molar-refractivity contribution in [1.29, 1.82) is 0 Å². The maximum Gasteiger partial charge on any atom is 0.0814 e. The van der Waals surface area contributed by atoms with Crippen LogP contribution in [0.1, 0.15) is 64.2 Å². The Hall–Kier alpha value is 0.0549. The highest BCUT2D eigenvalue weighted by molar-refractivity contribution is 7.59. The zero-order chi connectivity index (χ0) is 11.2. The van der Waals surface area contributed by atoms with E-state index in [-0.39, 0.29) is 16.3 Å². The second-order valence-corrected chi connectivity index (χ2v) is 8.27. The Labute approximate surface area is 111 Å². The molecule has 2 aliphatic carbocycles. The van der Waals surface area contributed by atoms with Crippen LogP contribution in [-0.4, -0.2) is 25.9 Å². The standard InChI is InChI=1S/C15H25P.BH3/c1-2-13-16(14-9-5-3-6-10-14)15-11-7-4-8-12-15;/h1,14-15H,3-13H2;1H3. The summed E-state index contributed by atoms with van der Waals surface area (Å²) < 4.78 is 0. The van der Waals surface area contributed by atoms with E-state index in [1.54, 1.807) is 0 Å². The minimum absolute atomic E-state index is 0. The van der Waals surface area contributed by atoms with Gasteiger partial charge >= 0.3 is 0 Å². The van der Waals surface area contributed by atoms with Crippen LogP contribution in [0.4, 0.5) is 0 Å². The Morgan fingerprint density at radius 2 is 1.24 bits per heavy atom. The molecule has 0 aromatic heterocycles. The molecule has 0 amide bonds. The molecule has 2 saturated carbocycles. The van der Waals surface area contributed by atoms with Crippen LogP contribution in [-0.2, 0) is 0 Å². The van der Waals surface area contributed by atoms with E-state index < -0.39 is 0 Å². The highest BCUT2D eigenvalue weighted by Gasteiger charge is 2.29. The van der Waals surface area contributed by atoms with Gasteiger partial charge in [-0.15, -0.1) is 12.3 Å². The van der Waals surface area contributed by atoms with E-state index in [1.807, 2.05) is 0 Å². The minimum atomic E-state index is 0. The SMILES string of the molecule is B.C#CCP(C1CCCCC1)C1CCCCC1. The summed E-state index contributed by atoms with van der Waals surface area (Å²) >= 11 is 0. The summed E-state index contributed by atoms with van der Waals surface area (Å²) in [7, 11) is 0.167. The molecule has 0 radical (unpaired) electrons. The van der Waals surface area contributed by atoms with Gasteiger partial charge in [-0.25, -0.2) is 0 Å². The fourth-order valence-corrected chi connectivity index (χ4v) is 6.87. The van der Waals surface area contributed by atoms with Crippen molar-refractivity contribution in [2.24, 2.45) is 0 Å². The number of hydrogen-bond donors (Lipinski definition) is 0. The van der Waals surface area contributed by atoms with Gasteiger partial charge in [-0.1, -0.05) is 46.4 Å². The topological polar surface area (TPSA) is 0 Å². The highest BCUT2D eigenvalue weighted by Crippen LogP contribution is 2.55. The van der Waals surface area contributed by atoms with Crippen molar-refractivity contribution in [3.63, 3.8) is 0 Å². The molecule has 0 unspecified atom stereocenters. The number of hydrogen-bond acceptors (Lipinski definition) is 0. The average Bonchev–Trinajstić information content (AvgIpc) is 2.38. The van der Waals surface area contributed by atoms with Gasteiger partial charge in [0.25, 0.3) is 0 Å². The normalized spacial score (nSPS) is 23.1. The number of terminal acetylenes is 1. The molecule has 0 aliphatic heterocycles. The quantitative estimate of drug-likeness (QED) is 0.408. The van der Waals surface area contributed by atoms with Crippen LogP contribution >= 0.6 is 7.92 Å². The largest absolute Gasteiger partial charge is 0.120 e. The lowest BCUT2D eigenvalue weighted by atomic mass is 9.99. The predicted octanol–water partition coefficient (Wildman–Crippen LogP) is 3.58. The van der Waals surface area contributed by atoms with Crippen LogP contribution in [0.25, 0.3) is 0 Å². The van der Waals surface area contributed by atoms with Crippen LogP contribution in [0.5, 0.6) is 0 Å². The average molecular weight is 250 g/mol. The second-order valence-electron chi connectivity index (χ2n) is 5.46. The predicted molar refractivity (Wildman–Crippen MR) is 84.3 cm³/mol. The van der Waals surface area contributed by atoms with Gasteiger partial charge in [-0.2, -0.15) is 0 Å². The van der Waals surface area contributed by atoms with Crippen molar-refractivity contribution in [1.82, 2.24) is 0 Å². The van der Waals surface area contributed by atoms with Gasteiger partial charge in [0.2, 0.25) is 0 Å². The molecule has 2 aliphatic rings. The molecule has 0 heterocycles. The molecule has 0 spiro atoms. The van der Waals surface area contributed by atoms with E-state index in [9.17, 15) is 0 Å². The third-order valence-corrected chi connectivity index (χ3v) is 7.82. The van der Waals surface area contributed by atoms with Gasteiger partial charge in [0.05, 0.1) is 8.41 Å². The lowest BCUT2D eigenvalue weighted by Gasteiger charge is -2.37. The third kappa shape index (κ3) is 4.33. The van der Waals surface area contributed by atoms with Crippen molar-refractivity contribution in [3.05, 3.63) is 0 Å². The Bertz CT molecular complexity index is 216. The molecule has 0 nitrogen and oxygen atoms in total. The van der Waals surface area contributed by atoms with E-state index in [1.165, 1.54) is 64.2 Å². The van der Waals surface area contributed by atoms with E-state index in [0.717, 1.165) is 17.5 Å². The molecular weight excluding hydrogens is 222 g/mol. The van der Waals surface area contributed by atoms with Crippen molar-refractivity contribution >= 4 is 16.3 Å². The van der Waals surface area contributed by atoms with Crippen LogP contribution < -0.4 is 0 Å². The first kappa shape index (κ1) is 15.1. The Morgan fingerprint density at radius 1 is 0.824 bits per heavy atom. The van der Waals surface area contributed by atoms with Crippen LogP contribution in [0.3, 0.4) is 0 Å². The Balaban J connectivity index is 0.00000144. The first-order chi connectivity index (χ1) is 7.92. The summed E-state index contributed by atoms with van der Waals surface area (Å²) in [6.45, 7) is 0. The molecule has 17 heavy (non-hydrogen) atoms. The Morgan fingerprint density at radius 3 is 1.59 bits per heavy atom. The zero-order valence-corrected chi connectivity index (χ0v) is 11.4. The lowest BCUT2D eigenvalue weighted by molar-refractivity contribution is 0.485. The van der Waals surface area contributed by atoms with Crippen molar-refractivity contribution in [3.8, 4) is 12.3 Å². The Kier molecular flexibility index (Phi) is 7.30. The molecule has 0 N–H and O–H groups in total. The van der Waals surface area contributed by atoms with E-state index in [2.05, 4.69) is 5.92 Å². The molecule has 0 atom stereocenters. The summed E-state index contributed by atoms with van der Waals surface area (Å²) in [6.07, 6.45) is 21.5. The minimum Gasteiger partial charge on any atom is -0.120 e. The molecule has 0 bridgehead atoms. The fraction of sp³-hybridized carbons (Fsp3) is 0.867. The van der Waals surface area contributed by atoms with E-state index >= 15 is 0 Å². The smallest absolute Gasteiger partial charge is 0.0814 e. The van der Waals surface area contributed by atoms with E-state index in [4.69, 9.17) is 6.42 Å². The lowest BCUT2D eigenvalue weighted by Crippen LogP contribution is -2.21. The monoisotopic (exact) mass is 250 g/mol. The summed E-state index contributed by atoms with van der Waals surface area (Å²) in [5, 5.41) is 0. The second kappa shape index (κ2) is 8.21. The van der Waals surface area contributed by atoms with Crippen molar-refractivity contribution in [2.45, 2.75) is 75.5 Å². The number of rotatable bonds is 3. The first-order valence-corrected chi connectivity index (χ1v) is 8.77. The van der Waals surface area contributed by atoms with Gasteiger partial charge in [0, 0.05) is 6.16 Å². The summed E-state index contributed by atoms with van der Waals surface area (Å²) in [4.78, 5) is 0. The maximum absolute atomic E-state index is 5.61. The highest BCUT2D eigenvalue weighted by atomic mass is 31.1. The summed E-state index contributed by atoms with van der Waals surface area (Å²) in [6, 6.07) is 0. The molecule has 2 heteroatoms. The molecule has 0 saturated heterocycles. The van der Waals surface area contributed by atoms with Gasteiger partial charge in [-0.05, 0) is 37.0 Å². The van der Waals surface area contributed by atoms with Crippen LogP contribution in [0.2, 0.25) is 0 Å². The zero-order valence-electron chi connectivity index (χ0n) is 10.5. The summed E-state index contributed by atoms with van der Waals surface area (Å²) in [5.41, 5.74) is 2.06. The fourth-order valence-electron chi connectivity index (χ4n) is 3.49. The molecular formula is C15H28BP. The van der Waals surface area contributed by atoms with Gasteiger partial charge in [0.1, 0.15) is 0 Å². The molecule has 0 aromatic rings. The third-order valence-electron chi connectivity index (χ3n) is 4.36. The van der Waals surface area contributed by atoms with Gasteiger partial charge in [0.15, 0.2) is 0 Å². The van der Waals surface area contributed by atoms with Gasteiger partial charge < -0.3 is 0 Å². The molecule has 2 rings (SSSR count). The van der Waals surface area contributed by atoms with Crippen molar-refractivity contribution < 1.29 is 0 Å². The molecule has 96 valence electrons. The summed E-state index contributed by atoms with van der Waals surface area (Å²) in [5.74, 6) is 2.99. The molecule has 0 aromatic carbocycles. The molecule has 2 fully saturated rings. The maximum atomic E-state index is 5.61. The van der Waals surface area contributed by atoms with Gasteiger partial charge in [-0.3, -0.25) is 0 Å². The van der Waals surface area contributed by atoms with Crippen LogP contribution in [0, 0.1) is 12.3 Å².